The summed E-state index contributed by atoms with van der Waals surface area (Å²) >= 11 is 0. The Balaban J connectivity index is 3.89. The molecule has 4 nitrogen and oxygen atoms in total. The molecule has 0 aromatic heterocycles. The molecule has 0 rings (SSSR count). The first kappa shape index (κ1) is 12.5. The summed E-state index contributed by atoms with van der Waals surface area (Å²) in [5.41, 5.74) is 4.27. The molecule has 0 saturated carbocycles. The van der Waals surface area contributed by atoms with Crippen LogP contribution in [0.2, 0.25) is 0 Å². The monoisotopic (exact) mass is 210 g/mol. The summed E-state index contributed by atoms with van der Waals surface area (Å²) in [7, 11) is 0. The Morgan fingerprint density at radius 2 is 1.86 bits per heavy atom. The average Bonchev–Trinajstić information content (AvgIpc) is 1.99. The minimum atomic E-state index is -4.40. The van der Waals surface area contributed by atoms with Crippen LogP contribution in [0.1, 0.15) is 12.8 Å². The highest BCUT2D eigenvalue weighted by Gasteiger charge is 2.28. The lowest BCUT2D eigenvalue weighted by molar-refractivity contribution is -0.143. The van der Waals surface area contributed by atoms with E-state index in [0.717, 1.165) is 0 Å². The second-order valence-electron chi connectivity index (χ2n) is 2.51. The maximum atomic E-state index is 11.6. The third-order valence-corrected chi connectivity index (χ3v) is 1.22. The van der Waals surface area contributed by atoms with Crippen LogP contribution >= 0.6 is 0 Å². The Kier molecular flexibility index (Phi) is 4.13. The smallest absolute Gasteiger partial charge is 0.364 e. The standard InChI is InChI=1S/C7H9F3N2O2/c1-4(6(11)14)12-5(13)2-3-7(8,9)10/h1-3H2,(H2,11,14)(H,12,13). The van der Waals surface area contributed by atoms with Crippen molar-refractivity contribution in [1.82, 2.24) is 5.32 Å². The average molecular weight is 210 g/mol. The molecule has 0 aromatic rings. The van der Waals surface area contributed by atoms with Crippen molar-refractivity contribution >= 4 is 11.8 Å². The molecule has 0 atom stereocenters. The first-order valence-corrected chi connectivity index (χ1v) is 3.57. The molecule has 14 heavy (non-hydrogen) atoms. The lowest BCUT2D eigenvalue weighted by atomic mass is 10.3. The van der Waals surface area contributed by atoms with Crippen molar-refractivity contribution in [3.05, 3.63) is 12.3 Å². The number of carbonyl (C=O) groups excluding carboxylic acids is 2. The van der Waals surface area contributed by atoms with Gasteiger partial charge in [0.05, 0.1) is 12.1 Å². The molecule has 3 N–H and O–H groups in total. The number of halogens is 3. The van der Waals surface area contributed by atoms with Crippen LogP contribution in [0.15, 0.2) is 12.3 Å². The summed E-state index contributed by atoms with van der Waals surface area (Å²) in [5.74, 6) is -1.92. The first-order valence-electron chi connectivity index (χ1n) is 3.57. The number of nitrogens with two attached hydrogens (primary N) is 1. The van der Waals surface area contributed by atoms with Crippen LogP contribution in [0.3, 0.4) is 0 Å². The molecule has 2 amide bonds. The quantitative estimate of drug-likeness (QED) is 0.661. The Hall–Kier alpha value is -1.53. The second kappa shape index (κ2) is 4.64. The van der Waals surface area contributed by atoms with Crippen LogP contribution in [-0.4, -0.2) is 18.0 Å². The van der Waals surface area contributed by atoms with Crippen molar-refractivity contribution < 1.29 is 22.8 Å². The van der Waals surface area contributed by atoms with Gasteiger partial charge in [0.15, 0.2) is 0 Å². The largest absolute Gasteiger partial charge is 0.389 e. The van der Waals surface area contributed by atoms with Crippen LogP contribution in [0.25, 0.3) is 0 Å². The third kappa shape index (κ3) is 6.04. The van der Waals surface area contributed by atoms with E-state index in [4.69, 9.17) is 5.73 Å². The molecule has 0 radical (unpaired) electrons. The van der Waals surface area contributed by atoms with E-state index in [0.29, 0.717) is 0 Å². The number of hydrogen-bond donors (Lipinski definition) is 2. The van der Waals surface area contributed by atoms with Crippen molar-refractivity contribution in [2.75, 3.05) is 0 Å². The zero-order valence-corrected chi connectivity index (χ0v) is 7.15. The molecular weight excluding hydrogens is 201 g/mol. The molecule has 0 saturated heterocycles. The summed E-state index contributed by atoms with van der Waals surface area (Å²) in [6, 6.07) is 0. The zero-order chi connectivity index (χ0) is 11.4. The van der Waals surface area contributed by atoms with E-state index < -0.39 is 36.5 Å². The van der Waals surface area contributed by atoms with Crippen LogP contribution in [0.5, 0.6) is 0 Å². The lowest BCUT2D eigenvalue weighted by Gasteiger charge is -2.06. The van der Waals surface area contributed by atoms with Gasteiger partial charge < -0.3 is 11.1 Å². The zero-order valence-electron chi connectivity index (χ0n) is 7.15. The fourth-order valence-corrected chi connectivity index (χ4v) is 0.548. The van der Waals surface area contributed by atoms with Gasteiger partial charge in [0.2, 0.25) is 5.91 Å². The van der Waals surface area contributed by atoms with Crippen molar-refractivity contribution in [2.24, 2.45) is 5.73 Å². The molecule has 0 heterocycles. The van der Waals surface area contributed by atoms with E-state index in [1.165, 1.54) is 0 Å². The van der Waals surface area contributed by atoms with Gasteiger partial charge in [0.25, 0.3) is 5.91 Å². The lowest BCUT2D eigenvalue weighted by Crippen LogP contribution is -2.31. The predicted octanol–water partition coefficient (Wildman–Crippen LogP) is 0.444. The topological polar surface area (TPSA) is 72.2 Å². The summed E-state index contributed by atoms with van der Waals surface area (Å²) in [5, 5.41) is 1.84. The molecule has 0 aliphatic rings. The number of rotatable bonds is 4. The van der Waals surface area contributed by atoms with Crippen LogP contribution in [0, 0.1) is 0 Å². The van der Waals surface area contributed by atoms with E-state index in [9.17, 15) is 22.8 Å². The van der Waals surface area contributed by atoms with Crippen molar-refractivity contribution in [3.63, 3.8) is 0 Å². The van der Waals surface area contributed by atoms with Crippen LogP contribution in [0.4, 0.5) is 13.2 Å². The number of amides is 2. The van der Waals surface area contributed by atoms with Crippen molar-refractivity contribution in [3.8, 4) is 0 Å². The highest BCUT2D eigenvalue weighted by molar-refractivity contribution is 5.95. The van der Waals surface area contributed by atoms with E-state index >= 15 is 0 Å². The molecular formula is C7H9F3N2O2. The molecule has 7 heteroatoms. The van der Waals surface area contributed by atoms with Gasteiger partial charge in [-0.15, -0.1) is 0 Å². The van der Waals surface area contributed by atoms with Gasteiger partial charge in [-0.05, 0) is 0 Å². The van der Waals surface area contributed by atoms with Gasteiger partial charge in [0, 0.05) is 6.42 Å². The molecule has 0 aromatic carbocycles. The molecule has 0 aliphatic heterocycles. The molecule has 0 fully saturated rings. The van der Waals surface area contributed by atoms with E-state index in [1.807, 2.05) is 5.32 Å². The Labute approximate surface area is 77.9 Å². The number of hydrogen-bond acceptors (Lipinski definition) is 2. The fraction of sp³-hybridized carbons (Fsp3) is 0.429. The molecule has 0 unspecified atom stereocenters. The van der Waals surface area contributed by atoms with Gasteiger partial charge in [-0.1, -0.05) is 6.58 Å². The van der Waals surface area contributed by atoms with Crippen LogP contribution in [-0.2, 0) is 9.59 Å². The second-order valence-corrected chi connectivity index (χ2v) is 2.51. The first-order chi connectivity index (χ1) is 6.22. The number of nitrogens with one attached hydrogen (secondary N) is 1. The normalized spacial score (nSPS) is 10.8. The highest BCUT2D eigenvalue weighted by Crippen LogP contribution is 2.20. The molecule has 0 aliphatic carbocycles. The van der Waals surface area contributed by atoms with Gasteiger partial charge in [0.1, 0.15) is 0 Å². The Morgan fingerprint density at radius 3 is 2.21 bits per heavy atom. The van der Waals surface area contributed by atoms with Crippen molar-refractivity contribution in [1.29, 1.82) is 0 Å². The van der Waals surface area contributed by atoms with Gasteiger partial charge in [-0.25, -0.2) is 0 Å². The van der Waals surface area contributed by atoms with E-state index in [-0.39, 0.29) is 0 Å². The maximum absolute atomic E-state index is 11.6. The third-order valence-electron chi connectivity index (χ3n) is 1.22. The Morgan fingerprint density at radius 1 is 1.36 bits per heavy atom. The Bertz CT molecular complexity index is 260. The maximum Gasteiger partial charge on any atom is 0.389 e. The number of alkyl halides is 3. The fourth-order valence-electron chi connectivity index (χ4n) is 0.548. The molecule has 80 valence electrons. The summed E-state index contributed by atoms with van der Waals surface area (Å²) in [4.78, 5) is 21.0. The molecule has 0 spiro atoms. The molecule has 0 bridgehead atoms. The number of carbonyl (C=O) groups is 2. The van der Waals surface area contributed by atoms with Crippen LogP contribution < -0.4 is 11.1 Å². The minimum absolute atomic E-state index is 0.419. The minimum Gasteiger partial charge on any atom is -0.364 e. The highest BCUT2D eigenvalue weighted by atomic mass is 19.4. The van der Waals surface area contributed by atoms with Gasteiger partial charge in [-0.2, -0.15) is 13.2 Å². The van der Waals surface area contributed by atoms with Crippen molar-refractivity contribution in [2.45, 2.75) is 19.0 Å². The summed E-state index contributed by atoms with van der Waals surface area (Å²) < 4.78 is 34.9. The van der Waals surface area contributed by atoms with Gasteiger partial charge >= 0.3 is 6.18 Å². The predicted molar refractivity (Wildman–Crippen MR) is 41.8 cm³/mol. The summed E-state index contributed by atoms with van der Waals surface area (Å²) in [6.45, 7) is 3.05. The van der Waals surface area contributed by atoms with E-state index in [1.54, 1.807) is 0 Å². The number of primary amides is 1. The summed E-state index contributed by atoms with van der Waals surface area (Å²) in [6.07, 6.45) is -6.40. The SMILES string of the molecule is C=C(NC(=O)CCC(F)(F)F)C(N)=O. The van der Waals surface area contributed by atoms with Gasteiger partial charge in [-0.3, -0.25) is 9.59 Å². The van der Waals surface area contributed by atoms with E-state index in [2.05, 4.69) is 6.58 Å².